The lowest BCUT2D eigenvalue weighted by atomic mass is 9.99. The van der Waals surface area contributed by atoms with E-state index < -0.39 is 59.8 Å². The SMILES string of the molecule is CC/C=C\C/C=C\C/C=C\CCCCCCCC(=O)OC(COCCCCCCCCCCCCCCCCCCC)COC1OC(CO)C(O)C(OS(=O)(=O)O)C1O. The van der Waals surface area contributed by atoms with E-state index in [9.17, 15) is 28.5 Å². The summed E-state index contributed by atoms with van der Waals surface area (Å²) < 4.78 is 59.1. The van der Waals surface area contributed by atoms with Gasteiger partial charge in [0.2, 0.25) is 0 Å². The van der Waals surface area contributed by atoms with Crippen LogP contribution in [0.5, 0.6) is 0 Å². The quantitative estimate of drug-likeness (QED) is 0.0199. The maximum atomic E-state index is 12.8. The average Bonchev–Trinajstić information content (AvgIpc) is 3.20. The van der Waals surface area contributed by atoms with Crippen LogP contribution in [0.1, 0.15) is 187 Å². The smallest absolute Gasteiger partial charge is 0.397 e. The Morgan fingerprint density at radius 1 is 0.661 bits per heavy atom. The maximum Gasteiger partial charge on any atom is 0.397 e. The van der Waals surface area contributed by atoms with Crippen LogP contribution < -0.4 is 0 Å². The lowest BCUT2D eigenvalue weighted by Crippen LogP contribution is -2.60. The van der Waals surface area contributed by atoms with Crippen LogP contribution in [-0.4, -0.2) is 97.5 Å². The molecule has 6 atom stereocenters. The maximum absolute atomic E-state index is 12.8. The van der Waals surface area contributed by atoms with Gasteiger partial charge < -0.3 is 34.3 Å². The molecule has 1 fully saturated rings. The fraction of sp³-hybridized carbons (Fsp3) is 0.848. The summed E-state index contributed by atoms with van der Waals surface area (Å²) >= 11 is 0. The van der Waals surface area contributed by atoms with Crippen LogP contribution in [0.25, 0.3) is 0 Å². The number of carbonyl (C=O) groups is 1. The molecule has 6 unspecified atom stereocenters. The third-order valence-corrected chi connectivity index (χ3v) is 11.0. The summed E-state index contributed by atoms with van der Waals surface area (Å²) in [6.07, 6.45) is 34.6. The third kappa shape index (κ3) is 31.8. The zero-order chi connectivity index (χ0) is 43.2. The molecule has 0 aromatic rings. The third-order valence-electron chi connectivity index (χ3n) is 10.5. The van der Waals surface area contributed by atoms with E-state index >= 15 is 0 Å². The highest BCUT2D eigenvalue weighted by atomic mass is 32.3. The topological polar surface area (TPSA) is 178 Å². The molecular formula is C46H84O12S. The summed E-state index contributed by atoms with van der Waals surface area (Å²) in [5.41, 5.74) is 0. The number of aliphatic hydroxyl groups is 3. The van der Waals surface area contributed by atoms with Crippen LogP contribution in [0.15, 0.2) is 36.5 Å². The summed E-state index contributed by atoms with van der Waals surface area (Å²) in [4.78, 5) is 12.8. The summed E-state index contributed by atoms with van der Waals surface area (Å²) in [6, 6.07) is 0. The molecule has 12 nitrogen and oxygen atoms in total. The number of hydrogen-bond acceptors (Lipinski definition) is 11. The van der Waals surface area contributed by atoms with E-state index in [2.05, 4.69) is 54.5 Å². The van der Waals surface area contributed by atoms with E-state index in [-0.39, 0.29) is 19.6 Å². The van der Waals surface area contributed by atoms with Crippen molar-refractivity contribution in [3.63, 3.8) is 0 Å². The van der Waals surface area contributed by atoms with E-state index in [1.54, 1.807) is 0 Å². The van der Waals surface area contributed by atoms with Gasteiger partial charge in [0, 0.05) is 13.0 Å². The molecule has 4 N–H and O–H groups in total. The first-order valence-electron chi connectivity index (χ1n) is 23.2. The van der Waals surface area contributed by atoms with E-state index in [1.165, 1.54) is 89.9 Å². The molecule has 1 heterocycles. The fourth-order valence-corrected chi connectivity index (χ4v) is 7.55. The van der Waals surface area contributed by atoms with Crippen molar-refractivity contribution in [2.45, 2.75) is 224 Å². The molecule has 0 bridgehead atoms. The standard InChI is InChI=1S/C46H84O12S/c1-3-5-7-9-11-13-15-17-19-20-22-24-26-28-30-32-34-36-54-38-40(39-55-46-44(50)45(58-59(51,52)53)43(49)41(37-47)57-46)56-42(48)35-33-31-29-27-25-23-21-18-16-14-12-10-8-6-4-2/h6,8,12,14,18,21,40-41,43-47,49-50H,3-5,7,9-11,13,15-17,19-20,22-39H2,1-2H3,(H,51,52,53)/b8-6-,14-12-,21-18-. The molecule has 1 aliphatic heterocycles. The van der Waals surface area contributed by atoms with Crippen LogP contribution in [-0.2, 0) is 38.3 Å². The average molecular weight is 861 g/mol. The van der Waals surface area contributed by atoms with Crippen molar-refractivity contribution in [3.05, 3.63) is 36.5 Å². The molecule has 0 aromatic carbocycles. The van der Waals surface area contributed by atoms with Gasteiger partial charge in [-0.05, 0) is 44.9 Å². The summed E-state index contributed by atoms with van der Waals surface area (Å²) in [5, 5.41) is 30.7. The van der Waals surface area contributed by atoms with Gasteiger partial charge in [-0.15, -0.1) is 0 Å². The van der Waals surface area contributed by atoms with Crippen molar-refractivity contribution in [2.24, 2.45) is 0 Å². The lowest BCUT2D eigenvalue weighted by molar-refractivity contribution is -0.301. The van der Waals surface area contributed by atoms with Crippen LogP contribution in [0.4, 0.5) is 0 Å². The largest absolute Gasteiger partial charge is 0.457 e. The Morgan fingerprint density at radius 3 is 1.71 bits per heavy atom. The molecule has 0 radical (unpaired) electrons. The Hall–Kier alpha value is -1.68. The van der Waals surface area contributed by atoms with Gasteiger partial charge in [0.1, 0.15) is 30.5 Å². The number of esters is 1. The minimum Gasteiger partial charge on any atom is -0.457 e. The van der Waals surface area contributed by atoms with Crippen molar-refractivity contribution in [1.82, 2.24) is 0 Å². The van der Waals surface area contributed by atoms with Gasteiger partial charge in [-0.25, -0.2) is 4.18 Å². The zero-order valence-electron chi connectivity index (χ0n) is 36.8. The van der Waals surface area contributed by atoms with Crippen LogP contribution in [0.3, 0.4) is 0 Å². The molecule has 0 aromatic heterocycles. The van der Waals surface area contributed by atoms with Crippen molar-refractivity contribution in [2.75, 3.05) is 26.4 Å². The van der Waals surface area contributed by atoms with Gasteiger partial charge >= 0.3 is 16.4 Å². The molecule has 59 heavy (non-hydrogen) atoms. The van der Waals surface area contributed by atoms with Crippen molar-refractivity contribution >= 4 is 16.4 Å². The van der Waals surface area contributed by atoms with E-state index in [0.717, 1.165) is 70.6 Å². The van der Waals surface area contributed by atoms with Gasteiger partial charge in [-0.1, -0.05) is 172 Å². The number of carbonyl (C=O) groups excluding carboxylic acids is 1. The summed E-state index contributed by atoms with van der Waals surface area (Å²) in [6.45, 7) is 3.87. The molecule has 0 aliphatic carbocycles. The van der Waals surface area contributed by atoms with Gasteiger partial charge in [-0.2, -0.15) is 8.42 Å². The predicted molar refractivity (Wildman–Crippen MR) is 234 cm³/mol. The van der Waals surface area contributed by atoms with Crippen molar-refractivity contribution < 1.29 is 56.2 Å². The highest BCUT2D eigenvalue weighted by molar-refractivity contribution is 7.80. The fourth-order valence-electron chi connectivity index (χ4n) is 7.04. The van der Waals surface area contributed by atoms with Crippen molar-refractivity contribution in [3.8, 4) is 0 Å². The number of aliphatic hydroxyl groups excluding tert-OH is 3. The second-order valence-corrected chi connectivity index (χ2v) is 17.0. The molecule has 0 spiro atoms. The highest BCUT2D eigenvalue weighted by Crippen LogP contribution is 2.26. The van der Waals surface area contributed by atoms with Gasteiger partial charge in [-0.3, -0.25) is 9.35 Å². The van der Waals surface area contributed by atoms with E-state index in [0.29, 0.717) is 13.0 Å². The second-order valence-electron chi connectivity index (χ2n) is 16.0. The number of allylic oxidation sites excluding steroid dienone is 6. The minimum absolute atomic E-state index is 0.0314. The molecule has 0 amide bonds. The lowest BCUT2D eigenvalue weighted by Gasteiger charge is -2.41. The van der Waals surface area contributed by atoms with E-state index in [4.69, 9.17) is 23.5 Å². The summed E-state index contributed by atoms with van der Waals surface area (Å²) in [7, 11) is -5.06. The van der Waals surface area contributed by atoms with Crippen molar-refractivity contribution in [1.29, 1.82) is 0 Å². The Balaban J connectivity index is 2.42. The molecule has 0 saturated carbocycles. The Morgan fingerprint density at radius 2 is 1.17 bits per heavy atom. The van der Waals surface area contributed by atoms with Gasteiger partial charge in [0.05, 0.1) is 19.8 Å². The molecule has 13 heteroatoms. The number of ether oxygens (including phenoxy) is 4. The van der Waals surface area contributed by atoms with Gasteiger partial charge in [0.25, 0.3) is 0 Å². The van der Waals surface area contributed by atoms with Gasteiger partial charge in [0.15, 0.2) is 6.29 Å². The first kappa shape index (κ1) is 55.3. The normalized spacial score (nSPS) is 20.7. The van der Waals surface area contributed by atoms with Crippen LogP contribution in [0, 0.1) is 0 Å². The minimum atomic E-state index is -5.06. The van der Waals surface area contributed by atoms with Crippen LogP contribution in [0.2, 0.25) is 0 Å². The first-order valence-corrected chi connectivity index (χ1v) is 24.6. The Bertz CT molecular complexity index is 1180. The Kier molecular flexibility index (Phi) is 35.7. The predicted octanol–water partition coefficient (Wildman–Crippen LogP) is 9.80. The number of rotatable bonds is 40. The first-order chi connectivity index (χ1) is 28.6. The molecule has 346 valence electrons. The Labute approximate surface area is 358 Å². The van der Waals surface area contributed by atoms with Crippen LogP contribution >= 0.6 is 0 Å². The zero-order valence-corrected chi connectivity index (χ0v) is 37.6. The molecular weight excluding hydrogens is 777 g/mol. The number of hydrogen-bond donors (Lipinski definition) is 4. The highest BCUT2D eigenvalue weighted by Gasteiger charge is 2.48. The van der Waals surface area contributed by atoms with E-state index in [1.807, 2.05) is 0 Å². The number of unbranched alkanes of at least 4 members (excludes halogenated alkanes) is 21. The monoisotopic (exact) mass is 861 g/mol. The molecule has 1 rings (SSSR count). The second kappa shape index (κ2) is 38.0. The molecule has 1 saturated heterocycles. The summed E-state index contributed by atoms with van der Waals surface area (Å²) in [5.74, 6) is -0.414. The molecule has 1 aliphatic rings.